The first-order chi connectivity index (χ1) is 12.0. The topological polar surface area (TPSA) is 94.0 Å². The molecule has 0 atom stereocenters. The van der Waals surface area contributed by atoms with Crippen LogP contribution in [0.3, 0.4) is 0 Å². The second-order valence-electron chi connectivity index (χ2n) is 5.66. The van der Waals surface area contributed by atoms with E-state index in [0.29, 0.717) is 33.6 Å². The summed E-state index contributed by atoms with van der Waals surface area (Å²) in [5, 5.41) is 4.96. The van der Waals surface area contributed by atoms with Gasteiger partial charge in [-0.2, -0.15) is 0 Å². The summed E-state index contributed by atoms with van der Waals surface area (Å²) in [7, 11) is 0. The molecule has 25 heavy (non-hydrogen) atoms. The number of hydrogen-bond donors (Lipinski definition) is 2. The maximum atomic E-state index is 13.2. The molecule has 3 N–H and O–H groups in total. The molecule has 0 spiro atoms. The number of oxazole rings is 1. The maximum Gasteiger partial charge on any atom is 0.270 e. The van der Waals surface area contributed by atoms with E-state index < -0.39 is 0 Å². The van der Waals surface area contributed by atoms with Crippen molar-refractivity contribution >= 4 is 17.2 Å². The summed E-state index contributed by atoms with van der Waals surface area (Å²) in [4.78, 5) is 20.8. The molecular weight excluding hydrogens is 343 g/mol. The Morgan fingerprint density at radius 3 is 2.68 bits per heavy atom. The van der Waals surface area contributed by atoms with Crippen molar-refractivity contribution in [3.8, 4) is 22.0 Å². The molecule has 2 heterocycles. The highest BCUT2D eigenvalue weighted by molar-refractivity contribution is 7.13. The van der Waals surface area contributed by atoms with Crippen LogP contribution in [0.4, 0.5) is 4.39 Å². The molecular formula is C17H17FN4O2S. The standard InChI is InChI=1S/C17H17FN4O2S/c1-9(2)20-16(23)12-8-25-17(21-12)15-14(22-13(7-19)24-15)10-3-5-11(18)6-4-10/h3-6,8-9H,7,19H2,1-2H3,(H,20,23). The molecule has 0 saturated heterocycles. The molecule has 1 amide bonds. The molecule has 0 aliphatic rings. The third kappa shape index (κ3) is 3.75. The van der Waals surface area contributed by atoms with Gasteiger partial charge in [0.25, 0.3) is 5.91 Å². The van der Waals surface area contributed by atoms with E-state index in [-0.39, 0.29) is 24.3 Å². The van der Waals surface area contributed by atoms with E-state index in [1.807, 2.05) is 13.8 Å². The third-order valence-corrected chi connectivity index (χ3v) is 4.16. The van der Waals surface area contributed by atoms with E-state index in [1.54, 1.807) is 17.5 Å². The molecule has 0 aliphatic carbocycles. The molecule has 130 valence electrons. The minimum absolute atomic E-state index is 0.0153. The second kappa shape index (κ2) is 7.12. The summed E-state index contributed by atoms with van der Waals surface area (Å²) < 4.78 is 18.9. The molecule has 0 fully saturated rings. The molecule has 3 aromatic rings. The molecule has 3 rings (SSSR count). The molecule has 6 nitrogen and oxygen atoms in total. The van der Waals surface area contributed by atoms with Crippen LogP contribution in [0.15, 0.2) is 34.1 Å². The number of thiazole rings is 1. The Labute approximate surface area is 147 Å². The van der Waals surface area contributed by atoms with E-state index >= 15 is 0 Å². The van der Waals surface area contributed by atoms with Crippen molar-refractivity contribution in [1.82, 2.24) is 15.3 Å². The molecule has 0 aliphatic heterocycles. The summed E-state index contributed by atoms with van der Waals surface area (Å²) >= 11 is 1.27. The van der Waals surface area contributed by atoms with Gasteiger partial charge in [-0.1, -0.05) is 0 Å². The smallest absolute Gasteiger partial charge is 0.270 e. The van der Waals surface area contributed by atoms with Crippen LogP contribution < -0.4 is 11.1 Å². The lowest BCUT2D eigenvalue weighted by Gasteiger charge is -2.05. The van der Waals surface area contributed by atoms with Gasteiger partial charge in [-0.05, 0) is 38.1 Å². The zero-order chi connectivity index (χ0) is 18.0. The van der Waals surface area contributed by atoms with Crippen molar-refractivity contribution in [2.45, 2.75) is 26.4 Å². The molecule has 0 unspecified atom stereocenters. The van der Waals surface area contributed by atoms with Crippen LogP contribution in [-0.2, 0) is 6.54 Å². The Kier molecular flexibility index (Phi) is 4.91. The lowest BCUT2D eigenvalue weighted by atomic mass is 10.1. The van der Waals surface area contributed by atoms with Crippen LogP contribution in [0.25, 0.3) is 22.0 Å². The first kappa shape index (κ1) is 17.2. The van der Waals surface area contributed by atoms with Crippen molar-refractivity contribution in [1.29, 1.82) is 0 Å². The lowest BCUT2D eigenvalue weighted by Crippen LogP contribution is -2.30. The van der Waals surface area contributed by atoms with Gasteiger partial charge in [-0.3, -0.25) is 4.79 Å². The number of nitrogens with one attached hydrogen (secondary N) is 1. The summed E-state index contributed by atoms with van der Waals surface area (Å²) in [6.07, 6.45) is 0. The first-order valence-electron chi connectivity index (χ1n) is 7.70. The van der Waals surface area contributed by atoms with Crippen LogP contribution >= 0.6 is 11.3 Å². The van der Waals surface area contributed by atoms with Crippen LogP contribution in [0.1, 0.15) is 30.2 Å². The Bertz CT molecular complexity index is 886. The predicted octanol–water partition coefficient (Wildman–Crippen LogP) is 3.20. The van der Waals surface area contributed by atoms with Gasteiger partial charge in [0.1, 0.15) is 17.2 Å². The van der Waals surface area contributed by atoms with Gasteiger partial charge in [-0.25, -0.2) is 14.4 Å². The number of nitrogens with two attached hydrogens (primary N) is 1. The quantitative estimate of drug-likeness (QED) is 0.729. The highest BCUT2D eigenvalue weighted by Gasteiger charge is 2.21. The third-order valence-electron chi connectivity index (χ3n) is 3.31. The van der Waals surface area contributed by atoms with Gasteiger partial charge >= 0.3 is 0 Å². The van der Waals surface area contributed by atoms with E-state index in [0.717, 1.165) is 0 Å². The van der Waals surface area contributed by atoms with Gasteiger partial charge in [-0.15, -0.1) is 11.3 Å². The van der Waals surface area contributed by atoms with Crippen molar-refractivity contribution in [3.05, 3.63) is 47.0 Å². The number of nitrogens with zero attached hydrogens (tertiary/aromatic N) is 2. The van der Waals surface area contributed by atoms with Gasteiger partial charge in [0.15, 0.2) is 10.8 Å². The molecule has 0 radical (unpaired) electrons. The number of carbonyl (C=O) groups excluding carboxylic acids is 1. The fourth-order valence-electron chi connectivity index (χ4n) is 2.22. The summed E-state index contributed by atoms with van der Waals surface area (Å²) in [5.41, 5.74) is 7.14. The number of carbonyl (C=O) groups is 1. The van der Waals surface area contributed by atoms with E-state index in [1.165, 1.54) is 23.5 Å². The van der Waals surface area contributed by atoms with Crippen molar-refractivity contribution in [2.24, 2.45) is 5.73 Å². The average Bonchev–Trinajstić information content (AvgIpc) is 3.21. The highest BCUT2D eigenvalue weighted by atomic mass is 32.1. The zero-order valence-corrected chi connectivity index (χ0v) is 14.6. The van der Waals surface area contributed by atoms with Crippen molar-refractivity contribution in [2.75, 3.05) is 0 Å². The predicted molar refractivity (Wildman–Crippen MR) is 93.5 cm³/mol. The normalized spacial score (nSPS) is 11.1. The average molecular weight is 360 g/mol. The fourth-order valence-corrected chi connectivity index (χ4v) is 3.00. The Balaban J connectivity index is 2.00. The van der Waals surface area contributed by atoms with Gasteiger partial charge < -0.3 is 15.5 Å². The zero-order valence-electron chi connectivity index (χ0n) is 13.7. The molecule has 0 bridgehead atoms. The Hall–Kier alpha value is -2.58. The van der Waals surface area contributed by atoms with Gasteiger partial charge in [0.2, 0.25) is 5.89 Å². The molecule has 0 saturated carbocycles. The van der Waals surface area contributed by atoms with Gasteiger partial charge in [0, 0.05) is 17.0 Å². The van der Waals surface area contributed by atoms with Crippen molar-refractivity contribution < 1.29 is 13.6 Å². The highest BCUT2D eigenvalue weighted by Crippen LogP contribution is 2.34. The van der Waals surface area contributed by atoms with Gasteiger partial charge in [0.05, 0.1) is 6.54 Å². The molecule has 8 heteroatoms. The Morgan fingerprint density at radius 1 is 1.32 bits per heavy atom. The largest absolute Gasteiger partial charge is 0.436 e. The van der Waals surface area contributed by atoms with E-state index in [4.69, 9.17) is 10.2 Å². The number of benzene rings is 1. The first-order valence-corrected chi connectivity index (χ1v) is 8.58. The maximum absolute atomic E-state index is 13.2. The summed E-state index contributed by atoms with van der Waals surface area (Å²) in [6, 6.07) is 5.92. The minimum Gasteiger partial charge on any atom is -0.436 e. The number of halogens is 1. The van der Waals surface area contributed by atoms with Crippen LogP contribution in [0, 0.1) is 5.82 Å². The minimum atomic E-state index is -0.338. The summed E-state index contributed by atoms with van der Waals surface area (Å²) in [6.45, 7) is 3.88. The molecule has 1 aromatic carbocycles. The van der Waals surface area contributed by atoms with Crippen LogP contribution in [0.5, 0.6) is 0 Å². The Morgan fingerprint density at radius 2 is 2.04 bits per heavy atom. The number of rotatable bonds is 5. The fraction of sp³-hybridized carbons (Fsp3) is 0.235. The van der Waals surface area contributed by atoms with Crippen molar-refractivity contribution in [3.63, 3.8) is 0 Å². The second-order valence-corrected chi connectivity index (χ2v) is 6.52. The molecule has 2 aromatic heterocycles. The van der Waals surface area contributed by atoms with Crippen LogP contribution in [0.2, 0.25) is 0 Å². The summed E-state index contributed by atoms with van der Waals surface area (Å²) in [5.74, 6) is 0.174. The van der Waals surface area contributed by atoms with E-state index in [2.05, 4.69) is 15.3 Å². The monoisotopic (exact) mass is 360 g/mol. The lowest BCUT2D eigenvalue weighted by molar-refractivity contribution is 0.0939. The van der Waals surface area contributed by atoms with Crippen LogP contribution in [-0.4, -0.2) is 21.9 Å². The SMILES string of the molecule is CC(C)NC(=O)c1csc(-c2oc(CN)nc2-c2ccc(F)cc2)n1. The number of hydrogen-bond acceptors (Lipinski definition) is 6. The number of amides is 1. The number of aromatic nitrogens is 2. The van der Waals surface area contributed by atoms with E-state index in [9.17, 15) is 9.18 Å².